The van der Waals surface area contributed by atoms with Crippen molar-refractivity contribution in [3.8, 4) is 11.5 Å². The number of likely N-dealkylation sites (tertiary alicyclic amines) is 1. The molecule has 2 heterocycles. The van der Waals surface area contributed by atoms with Gasteiger partial charge in [0.1, 0.15) is 23.4 Å². The third-order valence-corrected chi connectivity index (χ3v) is 8.65. The van der Waals surface area contributed by atoms with E-state index in [9.17, 15) is 18.3 Å². The highest BCUT2D eigenvalue weighted by atomic mass is 32.2. The summed E-state index contributed by atoms with van der Waals surface area (Å²) in [6.07, 6.45) is 5.11. The Morgan fingerprint density at radius 1 is 1.18 bits per heavy atom. The van der Waals surface area contributed by atoms with Crippen LogP contribution in [0.5, 0.6) is 11.5 Å². The monoisotopic (exact) mass is 569 g/mol. The highest BCUT2D eigenvalue weighted by Crippen LogP contribution is 2.38. The first-order valence-electron chi connectivity index (χ1n) is 13.1. The van der Waals surface area contributed by atoms with Crippen molar-refractivity contribution in [2.45, 2.75) is 45.3 Å². The van der Waals surface area contributed by atoms with Crippen molar-refractivity contribution in [2.24, 2.45) is 5.73 Å². The number of nitrogen functional groups attached to an aromatic ring is 1. The van der Waals surface area contributed by atoms with Crippen LogP contribution in [0, 0.1) is 10.8 Å². The average molecular weight is 570 g/mol. The van der Waals surface area contributed by atoms with Crippen LogP contribution < -0.4 is 14.8 Å². The Morgan fingerprint density at radius 3 is 2.55 bits per heavy atom. The number of carbonyl (C=O) groups is 1. The maximum Gasteiger partial charge on any atom is 0.323 e. The molecule has 2 aromatic rings. The number of ether oxygens (including phenoxy) is 2. The number of aromatic hydroxyl groups is 1. The van der Waals surface area contributed by atoms with Gasteiger partial charge in [-0.05, 0) is 62.2 Å². The smallest absolute Gasteiger partial charge is 0.323 e. The van der Waals surface area contributed by atoms with Gasteiger partial charge in [0.25, 0.3) is 0 Å². The molecular weight excluding hydrogens is 534 g/mol. The summed E-state index contributed by atoms with van der Waals surface area (Å²) in [5.41, 5.74) is 7.57. The average Bonchev–Trinajstić information content (AvgIpc) is 3.27. The Balaban J connectivity index is 1.61. The topological polar surface area (TPSA) is 170 Å². The lowest BCUT2D eigenvalue weighted by Gasteiger charge is -2.32. The maximum atomic E-state index is 13.4. The van der Waals surface area contributed by atoms with Gasteiger partial charge in [-0.2, -0.15) is 0 Å². The Hall–Kier alpha value is -4.06. The molecule has 2 aliphatic heterocycles. The van der Waals surface area contributed by atoms with Crippen molar-refractivity contribution < 1.29 is 27.8 Å². The quantitative estimate of drug-likeness (QED) is 0.203. The standard InChI is InChI=1S/C28H35N5O6S/c1-3-38-27(35)17-40(36,37)33-22(6-4-19-14-20(28(30)31)5-9-26(19)34)15-21-16-24(7-8-25(21)33)39-23-10-12-32(13-11-23)18(2)29/h4-9,14,16,22-23,29,34H,3,10-13,15,17H2,1-2H3,(H3,30,31). The van der Waals surface area contributed by atoms with Gasteiger partial charge in [-0.1, -0.05) is 12.2 Å². The molecule has 2 aliphatic rings. The van der Waals surface area contributed by atoms with Gasteiger partial charge in [0.15, 0.2) is 5.75 Å². The number of anilines is 1. The number of sulfonamides is 1. The van der Waals surface area contributed by atoms with E-state index in [0.29, 0.717) is 34.8 Å². The second-order valence-electron chi connectivity index (χ2n) is 9.86. The van der Waals surface area contributed by atoms with Crippen molar-refractivity contribution in [1.82, 2.24) is 4.90 Å². The van der Waals surface area contributed by atoms with E-state index in [1.807, 2.05) is 11.0 Å². The fraction of sp³-hybridized carbons (Fsp3) is 0.393. The van der Waals surface area contributed by atoms with Crippen LogP contribution in [0.4, 0.5) is 5.69 Å². The van der Waals surface area contributed by atoms with E-state index in [-0.39, 0.29) is 24.3 Å². The molecular formula is C28H35N5O6S. The van der Waals surface area contributed by atoms with Crippen LogP contribution in [0.3, 0.4) is 0 Å². The summed E-state index contributed by atoms with van der Waals surface area (Å²) < 4.78 is 39.2. The van der Waals surface area contributed by atoms with Crippen LogP contribution >= 0.6 is 0 Å². The molecule has 1 unspecified atom stereocenters. The fourth-order valence-electron chi connectivity index (χ4n) is 5.00. The number of hydrogen-bond acceptors (Lipinski definition) is 8. The SMILES string of the molecule is CCOC(=O)CS(=O)(=O)N1c2ccc(OC3CCN(C(C)=N)CC3)cc2CC1C=Cc1cc(C(=N)N)ccc1O. The number of fused-ring (bicyclic) bond motifs is 1. The number of amidine groups is 2. The Bertz CT molecular complexity index is 1430. The molecule has 1 fully saturated rings. The van der Waals surface area contributed by atoms with E-state index >= 15 is 0 Å². The molecule has 0 radical (unpaired) electrons. The van der Waals surface area contributed by atoms with E-state index in [4.69, 9.17) is 26.0 Å². The highest BCUT2D eigenvalue weighted by molar-refractivity contribution is 7.93. The summed E-state index contributed by atoms with van der Waals surface area (Å²) in [6, 6.07) is 9.06. The van der Waals surface area contributed by atoms with E-state index < -0.39 is 27.8 Å². The molecule has 0 bridgehead atoms. The molecule has 12 heteroatoms. The first kappa shape index (κ1) is 28.9. The van der Waals surface area contributed by atoms with Crippen LogP contribution in [0.1, 0.15) is 43.4 Å². The number of piperidine rings is 1. The largest absolute Gasteiger partial charge is 0.507 e. The van der Waals surface area contributed by atoms with Crippen molar-refractivity contribution >= 4 is 39.4 Å². The van der Waals surface area contributed by atoms with Gasteiger partial charge in [-0.15, -0.1) is 0 Å². The minimum atomic E-state index is -4.11. The van der Waals surface area contributed by atoms with Crippen molar-refractivity contribution in [3.05, 3.63) is 59.2 Å². The lowest BCUT2D eigenvalue weighted by atomic mass is 10.1. The predicted octanol–water partition coefficient (Wildman–Crippen LogP) is 2.85. The highest BCUT2D eigenvalue weighted by Gasteiger charge is 2.38. The summed E-state index contributed by atoms with van der Waals surface area (Å²) in [4.78, 5) is 14.2. The van der Waals surface area contributed by atoms with Gasteiger partial charge < -0.3 is 25.2 Å². The van der Waals surface area contributed by atoms with Crippen LogP contribution in [0.2, 0.25) is 0 Å². The van der Waals surface area contributed by atoms with Crippen LogP contribution in [0.15, 0.2) is 42.5 Å². The van der Waals surface area contributed by atoms with Gasteiger partial charge in [-0.25, -0.2) is 8.42 Å². The number of benzene rings is 2. The minimum Gasteiger partial charge on any atom is -0.507 e. The number of esters is 1. The van der Waals surface area contributed by atoms with Crippen molar-refractivity contribution in [1.29, 1.82) is 10.8 Å². The summed E-state index contributed by atoms with van der Waals surface area (Å²) in [5.74, 6) is -0.676. The first-order chi connectivity index (χ1) is 19.0. The number of hydrogen-bond donors (Lipinski definition) is 4. The predicted molar refractivity (Wildman–Crippen MR) is 154 cm³/mol. The second kappa shape index (κ2) is 12.0. The third kappa shape index (κ3) is 6.56. The molecule has 5 N–H and O–H groups in total. The van der Waals surface area contributed by atoms with Crippen LogP contribution in [0.25, 0.3) is 6.08 Å². The first-order valence-corrected chi connectivity index (χ1v) is 14.7. The molecule has 0 saturated carbocycles. The number of phenolic OH excluding ortho intramolecular Hbond substituents is 1. The van der Waals surface area contributed by atoms with Gasteiger partial charge in [-0.3, -0.25) is 19.9 Å². The van der Waals surface area contributed by atoms with E-state index in [1.54, 1.807) is 44.2 Å². The van der Waals surface area contributed by atoms with E-state index in [2.05, 4.69) is 0 Å². The lowest BCUT2D eigenvalue weighted by Crippen LogP contribution is -2.40. The summed E-state index contributed by atoms with van der Waals surface area (Å²) >= 11 is 0. The van der Waals surface area contributed by atoms with Crippen molar-refractivity contribution in [3.63, 3.8) is 0 Å². The zero-order valence-corrected chi connectivity index (χ0v) is 23.4. The molecule has 1 saturated heterocycles. The molecule has 2 aromatic carbocycles. The van der Waals surface area contributed by atoms with Crippen LogP contribution in [-0.2, 0) is 26.0 Å². The molecule has 0 amide bonds. The Labute approximate surface area is 234 Å². The van der Waals surface area contributed by atoms with Gasteiger partial charge in [0.2, 0.25) is 10.0 Å². The molecule has 0 spiro atoms. The summed E-state index contributed by atoms with van der Waals surface area (Å²) in [7, 11) is -4.11. The lowest BCUT2D eigenvalue weighted by molar-refractivity contribution is -0.139. The number of nitrogens with zero attached hydrogens (tertiary/aromatic N) is 2. The fourth-order valence-corrected chi connectivity index (χ4v) is 6.55. The number of nitrogens with two attached hydrogens (primary N) is 1. The zero-order chi connectivity index (χ0) is 29.0. The van der Waals surface area contributed by atoms with Crippen LogP contribution in [-0.4, -0.2) is 73.7 Å². The Morgan fingerprint density at radius 2 is 1.90 bits per heavy atom. The summed E-state index contributed by atoms with van der Waals surface area (Å²) in [5, 5.41) is 25.8. The zero-order valence-electron chi connectivity index (χ0n) is 22.6. The normalized spacial score (nSPS) is 17.6. The molecule has 0 aromatic heterocycles. The number of phenols is 1. The number of rotatable bonds is 9. The van der Waals surface area contributed by atoms with E-state index in [0.717, 1.165) is 31.5 Å². The Kier molecular flexibility index (Phi) is 8.67. The molecule has 1 atom stereocenters. The van der Waals surface area contributed by atoms with Gasteiger partial charge in [0, 0.05) is 37.1 Å². The molecule has 11 nitrogen and oxygen atoms in total. The van der Waals surface area contributed by atoms with E-state index in [1.165, 1.54) is 16.4 Å². The van der Waals surface area contributed by atoms with Gasteiger partial charge >= 0.3 is 5.97 Å². The van der Waals surface area contributed by atoms with Gasteiger partial charge in [0.05, 0.1) is 24.2 Å². The van der Waals surface area contributed by atoms with Crippen molar-refractivity contribution in [2.75, 3.05) is 29.8 Å². The second-order valence-corrected chi connectivity index (χ2v) is 11.7. The third-order valence-electron chi connectivity index (χ3n) is 6.98. The number of carbonyl (C=O) groups excluding carboxylic acids is 1. The number of nitrogens with one attached hydrogen (secondary N) is 2. The molecule has 0 aliphatic carbocycles. The maximum absolute atomic E-state index is 13.4. The summed E-state index contributed by atoms with van der Waals surface area (Å²) in [6.45, 7) is 4.94. The molecule has 214 valence electrons. The minimum absolute atomic E-state index is 0.00840. The molecule has 40 heavy (non-hydrogen) atoms. The molecule has 4 rings (SSSR count).